The lowest BCUT2D eigenvalue weighted by atomic mass is 9.95. The minimum Gasteiger partial charge on any atom is -0.490 e. The number of rotatable bonds is 6. The highest BCUT2D eigenvalue weighted by molar-refractivity contribution is 5.92. The Morgan fingerprint density at radius 1 is 0.931 bits per heavy atom. The molecule has 0 bridgehead atoms. The van der Waals surface area contributed by atoms with Crippen LogP contribution in [-0.4, -0.2) is 32.5 Å². The van der Waals surface area contributed by atoms with E-state index in [2.05, 4.69) is 24.5 Å². The van der Waals surface area contributed by atoms with Crippen LogP contribution in [0.25, 0.3) is 0 Å². The molecule has 0 unspecified atom stereocenters. The van der Waals surface area contributed by atoms with Crippen molar-refractivity contribution in [2.24, 2.45) is 5.92 Å². The number of nitrogens with one attached hydrogen (secondary N) is 2. The zero-order valence-corrected chi connectivity index (χ0v) is 16.7. The van der Waals surface area contributed by atoms with Crippen molar-refractivity contribution < 1.29 is 23.7 Å². The van der Waals surface area contributed by atoms with Gasteiger partial charge in [-0.15, -0.1) is 0 Å². The standard InChI is InChI=1S/C22H26N2O5/c1-14(2)22(15-4-6-17-19(10-15)27-9-3-8-26-17)23-12-21(25)24-16-5-7-18-20(11-16)29-13-28-18/h4-7,10-11,14,22-23H,3,8-9,12-13H2,1-2H3,(H,24,25)/t22-/m0/s1. The first-order chi connectivity index (χ1) is 14.1. The zero-order chi connectivity index (χ0) is 20.2. The molecule has 0 fully saturated rings. The molecule has 0 saturated carbocycles. The molecule has 1 amide bonds. The van der Waals surface area contributed by atoms with Gasteiger partial charge in [0, 0.05) is 24.2 Å². The number of benzene rings is 2. The third-order valence-corrected chi connectivity index (χ3v) is 4.94. The summed E-state index contributed by atoms with van der Waals surface area (Å²) in [5.41, 5.74) is 1.75. The molecule has 2 heterocycles. The molecule has 0 saturated heterocycles. The molecule has 2 aliphatic rings. The van der Waals surface area contributed by atoms with Crippen molar-refractivity contribution in [1.29, 1.82) is 0 Å². The molecular formula is C22H26N2O5. The van der Waals surface area contributed by atoms with Crippen LogP contribution >= 0.6 is 0 Å². The molecule has 2 aliphatic heterocycles. The summed E-state index contributed by atoms with van der Waals surface area (Å²) in [4.78, 5) is 12.5. The van der Waals surface area contributed by atoms with E-state index in [4.69, 9.17) is 18.9 Å². The maximum Gasteiger partial charge on any atom is 0.238 e. The second-order valence-electron chi connectivity index (χ2n) is 7.48. The van der Waals surface area contributed by atoms with Gasteiger partial charge >= 0.3 is 0 Å². The Morgan fingerprint density at radius 3 is 2.45 bits per heavy atom. The molecule has 2 aromatic carbocycles. The summed E-state index contributed by atoms with van der Waals surface area (Å²) in [6.45, 7) is 5.95. The van der Waals surface area contributed by atoms with Crippen molar-refractivity contribution in [2.75, 3.05) is 31.9 Å². The van der Waals surface area contributed by atoms with Gasteiger partial charge < -0.3 is 29.6 Å². The Labute approximate surface area is 170 Å². The lowest BCUT2D eigenvalue weighted by molar-refractivity contribution is -0.115. The van der Waals surface area contributed by atoms with Crippen LogP contribution in [0.5, 0.6) is 23.0 Å². The summed E-state index contributed by atoms with van der Waals surface area (Å²) in [6, 6.07) is 11.4. The van der Waals surface area contributed by atoms with Gasteiger partial charge in [-0.1, -0.05) is 19.9 Å². The normalized spacial score (nSPS) is 15.7. The summed E-state index contributed by atoms with van der Waals surface area (Å²) in [5.74, 6) is 3.03. The van der Waals surface area contributed by atoms with Crippen molar-refractivity contribution in [1.82, 2.24) is 5.32 Å². The van der Waals surface area contributed by atoms with Crippen LogP contribution in [0.15, 0.2) is 36.4 Å². The monoisotopic (exact) mass is 398 g/mol. The van der Waals surface area contributed by atoms with E-state index in [9.17, 15) is 4.79 Å². The summed E-state index contributed by atoms with van der Waals surface area (Å²) in [5, 5.41) is 6.26. The first-order valence-corrected chi connectivity index (χ1v) is 9.92. The average Bonchev–Trinajstić information content (AvgIpc) is 3.04. The van der Waals surface area contributed by atoms with Gasteiger partial charge in [0.15, 0.2) is 23.0 Å². The van der Waals surface area contributed by atoms with E-state index in [0.29, 0.717) is 30.4 Å². The molecular weight excluding hydrogens is 372 g/mol. The van der Waals surface area contributed by atoms with E-state index in [1.807, 2.05) is 18.2 Å². The molecule has 0 aliphatic carbocycles. The van der Waals surface area contributed by atoms with Crippen molar-refractivity contribution >= 4 is 11.6 Å². The van der Waals surface area contributed by atoms with Crippen LogP contribution < -0.4 is 29.6 Å². The number of carbonyl (C=O) groups is 1. The summed E-state index contributed by atoms with van der Waals surface area (Å²) in [7, 11) is 0. The third kappa shape index (κ3) is 4.56. The van der Waals surface area contributed by atoms with Gasteiger partial charge in [0.2, 0.25) is 12.7 Å². The molecule has 1 atom stereocenters. The van der Waals surface area contributed by atoms with Gasteiger partial charge in [-0.25, -0.2) is 0 Å². The fourth-order valence-electron chi connectivity index (χ4n) is 3.49. The van der Waals surface area contributed by atoms with Crippen molar-refractivity contribution in [3.8, 4) is 23.0 Å². The van der Waals surface area contributed by atoms with Gasteiger partial charge in [0.05, 0.1) is 19.8 Å². The van der Waals surface area contributed by atoms with Crippen molar-refractivity contribution in [3.63, 3.8) is 0 Å². The quantitative estimate of drug-likeness (QED) is 0.776. The van der Waals surface area contributed by atoms with Gasteiger partial charge in [-0.05, 0) is 35.7 Å². The predicted molar refractivity (Wildman–Crippen MR) is 109 cm³/mol. The number of hydrogen-bond donors (Lipinski definition) is 2. The molecule has 0 aromatic heterocycles. The van der Waals surface area contributed by atoms with Crippen LogP contribution in [-0.2, 0) is 4.79 Å². The minimum atomic E-state index is -0.121. The minimum absolute atomic E-state index is 0.00894. The van der Waals surface area contributed by atoms with Crippen LogP contribution in [0.3, 0.4) is 0 Å². The highest BCUT2D eigenvalue weighted by Gasteiger charge is 2.20. The third-order valence-electron chi connectivity index (χ3n) is 4.94. The first kappa shape index (κ1) is 19.4. The van der Waals surface area contributed by atoms with Crippen LogP contribution in [0.4, 0.5) is 5.69 Å². The van der Waals surface area contributed by atoms with Gasteiger partial charge in [0.25, 0.3) is 0 Å². The van der Waals surface area contributed by atoms with E-state index < -0.39 is 0 Å². The number of hydrogen-bond acceptors (Lipinski definition) is 6. The van der Waals surface area contributed by atoms with Gasteiger partial charge in [0.1, 0.15) is 0 Å². The SMILES string of the molecule is CC(C)[C@H](NCC(=O)Nc1ccc2c(c1)OCO2)c1ccc2c(c1)OCCCO2. The Kier molecular flexibility index (Phi) is 5.76. The van der Waals surface area contributed by atoms with Gasteiger partial charge in [-0.2, -0.15) is 0 Å². The molecule has 0 spiro atoms. The smallest absolute Gasteiger partial charge is 0.238 e. The second-order valence-corrected chi connectivity index (χ2v) is 7.48. The number of ether oxygens (including phenoxy) is 4. The fraction of sp³-hybridized carbons (Fsp3) is 0.409. The van der Waals surface area contributed by atoms with Crippen LogP contribution in [0.2, 0.25) is 0 Å². The number of anilines is 1. The molecule has 29 heavy (non-hydrogen) atoms. The molecule has 2 N–H and O–H groups in total. The highest BCUT2D eigenvalue weighted by atomic mass is 16.7. The maximum atomic E-state index is 12.5. The Hall–Kier alpha value is -2.93. The summed E-state index contributed by atoms with van der Waals surface area (Å²) < 4.78 is 22.2. The lowest BCUT2D eigenvalue weighted by Gasteiger charge is -2.23. The van der Waals surface area contributed by atoms with E-state index in [-0.39, 0.29) is 31.2 Å². The van der Waals surface area contributed by atoms with E-state index >= 15 is 0 Å². The van der Waals surface area contributed by atoms with Crippen molar-refractivity contribution in [3.05, 3.63) is 42.0 Å². The summed E-state index contributed by atoms with van der Waals surface area (Å²) in [6.07, 6.45) is 0.871. The van der Waals surface area contributed by atoms with Gasteiger partial charge in [-0.3, -0.25) is 4.79 Å². The lowest BCUT2D eigenvalue weighted by Crippen LogP contribution is -2.33. The molecule has 2 aromatic rings. The Bertz CT molecular complexity index is 884. The largest absolute Gasteiger partial charge is 0.490 e. The topological polar surface area (TPSA) is 78.1 Å². The van der Waals surface area contributed by atoms with E-state index in [1.165, 1.54) is 0 Å². The molecule has 7 nitrogen and oxygen atoms in total. The van der Waals surface area contributed by atoms with Crippen LogP contribution in [0, 0.1) is 5.92 Å². The van der Waals surface area contributed by atoms with E-state index in [0.717, 1.165) is 23.5 Å². The van der Waals surface area contributed by atoms with Crippen molar-refractivity contribution in [2.45, 2.75) is 26.3 Å². The Balaban J connectivity index is 1.39. The molecule has 4 rings (SSSR count). The Morgan fingerprint density at radius 2 is 1.62 bits per heavy atom. The number of fused-ring (bicyclic) bond motifs is 2. The highest BCUT2D eigenvalue weighted by Crippen LogP contribution is 2.35. The first-order valence-electron chi connectivity index (χ1n) is 9.92. The predicted octanol–water partition coefficient (Wildman–Crippen LogP) is 3.50. The zero-order valence-electron chi connectivity index (χ0n) is 16.7. The molecule has 7 heteroatoms. The maximum absolute atomic E-state index is 12.5. The molecule has 154 valence electrons. The van der Waals surface area contributed by atoms with Crippen LogP contribution in [0.1, 0.15) is 31.9 Å². The second kappa shape index (κ2) is 8.61. The fourth-order valence-corrected chi connectivity index (χ4v) is 3.49. The summed E-state index contributed by atoms with van der Waals surface area (Å²) >= 11 is 0. The number of carbonyl (C=O) groups excluding carboxylic acids is 1. The number of amides is 1. The van der Waals surface area contributed by atoms with E-state index in [1.54, 1.807) is 18.2 Å². The molecule has 0 radical (unpaired) electrons. The average molecular weight is 398 g/mol.